The zero-order valence-electron chi connectivity index (χ0n) is 14.8. The van der Waals surface area contributed by atoms with E-state index in [0.717, 1.165) is 56.4 Å². The van der Waals surface area contributed by atoms with Gasteiger partial charge in [-0.25, -0.2) is 0 Å². The van der Waals surface area contributed by atoms with Crippen LogP contribution >= 0.6 is 12.4 Å². The van der Waals surface area contributed by atoms with Gasteiger partial charge in [-0.15, -0.1) is 12.4 Å². The Balaban J connectivity index is 0.00000225. The van der Waals surface area contributed by atoms with Crippen molar-refractivity contribution >= 4 is 35.6 Å². The topological polar surface area (TPSA) is 75.4 Å². The summed E-state index contributed by atoms with van der Waals surface area (Å²) in [6.07, 6.45) is 6.44. The van der Waals surface area contributed by atoms with E-state index in [1.54, 1.807) is 0 Å². The molecule has 1 heterocycles. The van der Waals surface area contributed by atoms with Crippen LogP contribution in [0.4, 0.5) is 11.4 Å². The number of carbonyl (C=O) groups excluding carboxylic acids is 2. The lowest BCUT2D eigenvalue weighted by Gasteiger charge is -2.37. The minimum atomic E-state index is -0.442. The van der Waals surface area contributed by atoms with E-state index in [1.165, 1.54) is 0 Å². The molecule has 0 spiro atoms. The van der Waals surface area contributed by atoms with Crippen molar-refractivity contribution in [2.24, 2.45) is 11.7 Å². The summed E-state index contributed by atoms with van der Waals surface area (Å²) in [6, 6.07) is 7.56. The minimum absolute atomic E-state index is 0. The average molecular weight is 366 g/mol. The lowest BCUT2D eigenvalue weighted by atomic mass is 9.74. The van der Waals surface area contributed by atoms with Gasteiger partial charge in [0.2, 0.25) is 11.8 Å². The minimum Gasteiger partial charge on any atom is -0.326 e. The second-order valence-electron chi connectivity index (χ2n) is 7.35. The van der Waals surface area contributed by atoms with Crippen LogP contribution in [0, 0.1) is 5.92 Å². The third kappa shape index (κ3) is 4.53. The summed E-state index contributed by atoms with van der Waals surface area (Å²) in [7, 11) is 0. The summed E-state index contributed by atoms with van der Waals surface area (Å²) in [5.74, 6) is -0.0140. The van der Waals surface area contributed by atoms with Crippen LogP contribution in [-0.2, 0) is 9.59 Å². The summed E-state index contributed by atoms with van der Waals surface area (Å²) in [5, 5.41) is 3.00. The van der Waals surface area contributed by atoms with Crippen LogP contribution < -0.4 is 16.0 Å². The smallest absolute Gasteiger partial charge is 0.229 e. The van der Waals surface area contributed by atoms with E-state index in [2.05, 4.69) is 5.32 Å². The van der Waals surface area contributed by atoms with Gasteiger partial charge in [-0.2, -0.15) is 0 Å². The molecule has 2 fully saturated rings. The Labute approximate surface area is 155 Å². The lowest BCUT2D eigenvalue weighted by molar-refractivity contribution is -0.123. The molecule has 2 aliphatic rings. The maximum Gasteiger partial charge on any atom is 0.229 e. The van der Waals surface area contributed by atoms with Crippen LogP contribution in [0.5, 0.6) is 0 Å². The molecule has 25 heavy (non-hydrogen) atoms. The molecule has 5 nitrogen and oxygen atoms in total. The van der Waals surface area contributed by atoms with Crippen LogP contribution in [0.2, 0.25) is 0 Å². The van der Waals surface area contributed by atoms with E-state index in [-0.39, 0.29) is 30.1 Å². The molecule has 2 amide bonds. The van der Waals surface area contributed by atoms with Gasteiger partial charge in [-0.3, -0.25) is 9.59 Å². The third-order valence-electron chi connectivity index (χ3n) is 5.32. The number of nitrogens with two attached hydrogens (primary N) is 1. The summed E-state index contributed by atoms with van der Waals surface area (Å²) < 4.78 is 0. The van der Waals surface area contributed by atoms with Crippen molar-refractivity contribution in [2.75, 3.05) is 16.8 Å². The summed E-state index contributed by atoms with van der Waals surface area (Å²) in [5.41, 5.74) is 7.48. The zero-order valence-corrected chi connectivity index (χ0v) is 15.6. The van der Waals surface area contributed by atoms with Crippen LogP contribution in [0.1, 0.15) is 51.9 Å². The van der Waals surface area contributed by atoms with Gasteiger partial charge in [-0.1, -0.05) is 18.9 Å². The van der Waals surface area contributed by atoms with Crippen molar-refractivity contribution in [3.05, 3.63) is 24.3 Å². The highest BCUT2D eigenvalue weighted by atomic mass is 35.5. The fraction of sp³-hybridized carbons (Fsp3) is 0.579. The summed E-state index contributed by atoms with van der Waals surface area (Å²) >= 11 is 0. The Kier molecular flexibility index (Phi) is 6.47. The van der Waals surface area contributed by atoms with Crippen molar-refractivity contribution in [1.82, 2.24) is 0 Å². The van der Waals surface area contributed by atoms with Gasteiger partial charge in [0.1, 0.15) is 0 Å². The van der Waals surface area contributed by atoms with E-state index >= 15 is 0 Å². The molecule has 2 atom stereocenters. The van der Waals surface area contributed by atoms with Crippen LogP contribution in [0.15, 0.2) is 24.3 Å². The Morgan fingerprint density at radius 1 is 1.28 bits per heavy atom. The quantitative estimate of drug-likeness (QED) is 0.861. The van der Waals surface area contributed by atoms with Gasteiger partial charge in [0.25, 0.3) is 0 Å². The van der Waals surface area contributed by atoms with E-state index < -0.39 is 5.54 Å². The first-order valence-corrected chi connectivity index (χ1v) is 8.97. The molecular weight excluding hydrogens is 338 g/mol. The molecule has 0 aromatic heterocycles. The molecule has 1 aliphatic heterocycles. The molecule has 3 rings (SSSR count). The number of carbonyl (C=O) groups is 2. The van der Waals surface area contributed by atoms with Crippen molar-refractivity contribution in [3.63, 3.8) is 0 Å². The highest BCUT2D eigenvalue weighted by Gasteiger charge is 2.37. The Morgan fingerprint density at radius 2 is 2.08 bits per heavy atom. The predicted octanol–water partition coefficient (Wildman–Crippen LogP) is 3.47. The molecule has 1 aromatic rings. The molecule has 1 aromatic carbocycles. The molecule has 1 saturated heterocycles. The SMILES string of the molecule is CC1(N)CCCCC1C(=O)Nc1cccc(N2CCCCC2=O)c1.Cl. The molecule has 0 bridgehead atoms. The van der Waals surface area contributed by atoms with E-state index in [4.69, 9.17) is 5.73 Å². The van der Waals surface area contributed by atoms with E-state index in [9.17, 15) is 9.59 Å². The molecule has 6 heteroatoms. The largest absolute Gasteiger partial charge is 0.326 e. The number of rotatable bonds is 3. The number of nitrogens with zero attached hydrogens (tertiary/aromatic N) is 1. The molecule has 138 valence electrons. The maximum absolute atomic E-state index is 12.7. The number of benzene rings is 1. The monoisotopic (exact) mass is 365 g/mol. The fourth-order valence-corrected chi connectivity index (χ4v) is 3.85. The lowest BCUT2D eigenvalue weighted by Crippen LogP contribution is -2.51. The number of hydrogen-bond donors (Lipinski definition) is 2. The van der Waals surface area contributed by atoms with Gasteiger partial charge in [-0.05, 0) is 50.8 Å². The second kappa shape index (κ2) is 8.19. The Hall–Kier alpha value is -1.59. The highest BCUT2D eigenvalue weighted by Crippen LogP contribution is 2.33. The van der Waals surface area contributed by atoms with Crippen LogP contribution in [0.25, 0.3) is 0 Å². The third-order valence-corrected chi connectivity index (χ3v) is 5.32. The number of amides is 2. The first-order chi connectivity index (χ1) is 11.5. The van der Waals surface area contributed by atoms with Gasteiger partial charge in [0, 0.05) is 29.9 Å². The molecule has 1 aliphatic carbocycles. The van der Waals surface area contributed by atoms with Crippen molar-refractivity contribution in [2.45, 2.75) is 57.4 Å². The average Bonchev–Trinajstić information content (AvgIpc) is 2.55. The van der Waals surface area contributed by atoms with Gasteiger partial charge in [0.05, 0.1) is 5.92 Å². The van der Waals surface area contributed by atoms with E-state index in [0.29, 0.717) is 6.42 Å². The summed E-state index contributed by atoms with van der Waals surface area (Å²) in [4.78, 5) is 26.6. The van der Waals surface area contributed by atoms with Gasteiger partial charge >= 0.3 is 0 Å². The molecule has 2 unspecified atom stereocenters. The van der Waals surface area contributed by atoms with Crippen molar-refractivity contribution in [3.8, 4) is 0 Å². The molecule has 3 N–H and O–H groups in total. The highest BCUT2D eigenvalue weighted by molar-refractivity contribution is 5.97. The molecule has 1 saturated carbocycles. The van der Waals surface area contributed by atoms with Gasteiger partial charge < -0.3 is 16.0 Å². The van der Waals surface area contributed by atoms with Crippen molar-refractivity contribution in [1.29, 1.82) is 0 Å². The normalized spacial score (nSPS) is 26.7. The van der Waals surface area contributed by atoms with Gasteiger partial charge in [0.15, 0.2) is 0 Å². The number of piperidine rings is 1. The Bertz CT molecular complexity index is 633. The number of hydrogen-bond acceptors (Lipinski definition) is 3. The number of anilines is 2. The van der Waals surface area contributed by atoms with Crippen LogP contribution in [0.3, 0.4) is 0 Å². The first kappa shape index (κ1) is 19.7. The van der Waals surface area contributed by atoms with E-state index in [1.807, 2.05) is 36.1 Å². The standard InChI is InChI=1S/C19H27N3O2.ClH/c1-19(20)11-4-2-9-16(19)18(24)21-14-7-6-8-15(13-14)22-12-5-3-10-17(22)23;/h6-8,13,16H,2-5,9-12,20H2,1H3,(H,21,24);1H. The predicted molar refractivity (Wildman–Crippen MR) is 103 cm³/mol. The molecule has 0 radical (unpaired) electrons. The Morgan fingerprint density at radius 3 is 2.80 bits per heavy atom. The second-order valence-corrected chi connectivity index (χ2v) is 7.35. The first-order valence-electron chi connectivity index (χ1n) is 8.97. The number of halogens is 1. The maximum atomic E-state index is 12.7. The van der Waals surface area contributed by atoms with Crippen molar-refractivity contribution < 1.29 is 9.59 Å². The summed E-state index contributed by atoms with van der Waals surface area (Å²) in [6.45, 7) is 2.72. The zero-order chi connectivity index (χ0) is 17.2. The van der Waals surface area contributed by atoms with Crippen LogP contribution in [-0.4, -0.2) is 23.9 Å². The fourth-order valence-electron chi connectivity index (χ4n) is 3.85. The number of nitrogens with one attached hydrogen (secondary N) is 1. The molecular formula is C19H28ClN3O2.